The van der Waals surface area contributed by atoms with Crippen LogP contribution in [0.1, 0.15) is 26.7 Å². The lowest BCUT2D eigenvalue weighted by molar-refractivity contribution is 0.468. The Hall–Kier alpha value is 0.660. The summed E-state index contributed by atoms with van der Waals surface area (Å²) >= 11 is 5.99. The van der Waals surface area contributed by atoms with Crippen molar-refractivity contribution in [3.8, 4) is 0 Å². The Morgan fingerprint density at radius 3 is 2.00 bits per heavy atom. The minimum absolute atomic E-state index is 0.903. The Kier molecular flexibility index (Phi) is 8.28. The molecule has 1 nitrogen and oxygen atoms in total. The standard InChI is InChI=1S/C7H17NS2/c1-3-5-8(6-4-2)10-7-9/h9H,3-7H2,1-2H3. The SMILES string of the molecule is CCCN(CCC)SCS. The van der Waals surface area contributed by atoms with Gasteiger partial charge in [-0.25, -0.2) is 4.31 Å². The summed E-state index contributed by atoms with van der Waals surface area (Å²) in [4.78, 5) is 0. The van der Waals surface area contributed by atoms with Gasteiger partial charge in [-0.3, -0.25) is 0 Å². The molecule has 0 rings (SSSR count). The van der Waals surface area contributed by atoms with Gasteiger partial charge in [0.25, 0.3) is 0 Å². The zero-order chi connectivity index (χ0) is 7.82. The van der Waals surface area contributed by atoms with Crippen LogP contribution in [-0.4, -0.2) is 22.5 Å². The lowest BCUT2D eigenvalue weighted by atomic mass is 10.4. The molecular weight excluding hydrogens is 162 g/mol. The topological polar surface area (TPSA) is 3.24 Å². The molecule has 0 fully saturated rings. The fourth-order valence-electron chi connectivity index (χ4n) is 0.821. The second kappa shape index (κ2) is 7.76. The lowest BCUT2D eigenvalue weighted by Crippen LogP contribution is -2.17. The molecule has 0 N–H and O–H groups in total. The molecule has 0 saturated carbocycles. The van der Waals surface area contributed by atoms with E-state index in [-0.39, 0.29) is 0 Å². The van der Waals surface area contributed by atoms with Crippen molar-refractivity contribution >= 4 is 24.6 Å². The van der Waals surface area contributed by atoms with Crippen LogP contribution in [0.5, 0.6) is 0 Å². The van der Waals surface area contributed by atoms with E-state index >= 15 is 0 Å². The minimum Gasteiger partial charge on any atom is -0.250 e. The van der Waals surface area contributed by atoms with Gasteiger partial charge in [0.15, 0.2) is 0 Å². The average Bonchev–Trinajstić information content (AvgIpc) is 1.90. The number of hydrogen-bond acceptors (Lipinski definition) is 3. The predicted molar refractivity (Wildman–Crippen MR) is 53.6 cm³/mol. The molecule has 0 amide bonds. The van der Waals surface area contributed by atoms with Gasteiger partial charge in [0.05, 0.1) is 5.08 Å². The highest BCUT2D eigenvalue weighted by atomic mass is 32.2. The molecule has 0 aliphatic rings. The van der Waals surface area contributed by atoms with E-state index in [1.54, 1.807) is 0 Å². The van der Waals surface area contributed by atoms with Crippen LogP contribution in [0.2, 0.25) is 0 Å². The molecule has 0 aliphatic heterocycles. The first-order chi connectivity index (χ1) is 4.85. The molecule has 0 aromatic carbocycles. The van der Waals surface area contributed by atoms with Gasteiger partial charge in [0, 0.05) is 13.1 Å². The summed E-state index contributed by atoms with van der Waals surface area (Å²) in [5.41, 5.74) is 0. The van der Waals surface area contributed by atoms with Gasteiger partial charge in [-0.1, -0.05) is 25.8 Å². The highest BCUT2D eigenvalue weighted by Gasteiger charge is 1.99. The van der Waals surface area contributed by atoms with Gasteiger partial charge in [-0.15, -0.1) is 0 Å². The molecule has 0 saturated heterocycles. The van der Waals surface area contributed by atoms with Crippen molar-refractivity contribution in [1.29, 1.82) is 0 Å². The Morgan fingerprint density at radius 2 is 1.70 bits per heavy atom. The third-order valence-electron chi connectivity index (χ3n) is 1.19. The third kappa shape index (κ3) is 5.45. The highest BCUT2D eigenvalue weighted by Crippen LogP contribution is 2.11. The van der Waals surface area contributed by atoms with Gasteiger partial charge >= 0.3 is 0 Å². The molecule has 0 radical (unpaired) electrons. The van der Waals surface area contributed by atoms with E-state index in [9.17, 15) is 0 Å². The third-order valence-corrected chi connectivity index (χ3v) is 2.38. The molecule has 3 heteroatoms. The van der Waals surface area contributed by atoms with E-state index in [2.05, 4.69) is 30.8 Å². The average molecular weight is 179 g/mol. The van der Waals surface area contributed by atoms with Crippen molar-refractivity contribution in [2.24, 2.45) is 0 Å². The van der Waals surface area contributed by atoms with Crippen molar-refractivity contribution in [3.63, 3.8) is 0 Å². The minimum atomic E-state index is 0.903. The molecule has 0 unspecified atom stereocenters. The van der Waals surface area contributed by atoms with Gasteiger partial charge in [0.2, 0.25) is 0 Å². The van der Waals surface area contributed by atoms with Crippen LogP contribution in [0.25, 0.3) is 0 Å². The van der Waals surface area contributed by atoms with Crippen molar-refractivity contribution in [2.75, 3.05) is 18.2 Å². The first-order valence-electron chi connectivity index (χ1n) is 3.83. The molecule has 0 aromatic rings. The normalized spacial score (nSPS) is 10.8. The van der Waals surface area contributed by atoms with Crippen LogP contribution in [0.3, 0.4) is 0 Å². The first kappa shape index (κ1) is 10.7. The van der Waals surface area contributed by atoms with Crippen LogP contribution in [-0.2, 0) is 0 Å². The molecule has 0 atom stereocenters. The molecule has 0 aromatic heterocycles. The molecule has 10 heavy (non-hydrogen) atoms. The monoisotopic (exact) mass is 179 g/mol. The van der Waals surface area contributed by atoms with Gasteiger partial charge in [0.1, 0.15) is 0 Å². The van der Waals surface area contributed by atoms with Crippen LogP contribution < -0.4 is 0 Å². The van der Waals surface area contributed by atoms with E-state index in [0.29, 0.717) is 0 Å². The summed E-state index contributed by atoms with van der Waals surface area (Å²) in [6, 6.07) is 0. The second-order valence-electron chi connectivity index (χ2n) is 2.19. The fourth-order valence-corrected chi connectivity index (χ4v) is 2.10. The van der Waals surface area contributed by atoms with Gasteiger partial charge in [-0.2, -0.15) is 12.6 Å². The maximum Gasteiger partial charge on any atom is 0.0509 e. The molecule has 62 valence electrons. The van der Waals surface area contributed by atoms with E-state index in [1.165, 1.54) is 25.9 Å². The quantitative estimate of drug-likeness (QED) is 0.379. The van der Waals surface area contributed by atoms with Crippen molar-refractivity contribution in [2.45, 2.75) is 26.7 Å². The molecular formula is C7H17NS2. The van der Waals surface area contributed by atoms with E-state index in [4.69, 9.17) is 0 Å². The second-order valence-corrected chi connectivity index (χ2v) is 3.99. The number of rotatable bonds is 6. The fraction of sp³-hybridized carbons (Fsp3) is 1.00. The summed E-state index contributed by atoms with van der Waals surface area (Å²) < 4.78 is 2.38. The summed E-state index contributed by atoms with van der Waals surface area (Å²) in [6.45, 7) is 6.81. The Bertz CT molecular complexity index is 54.4. The smallest absolute Gasteiger partial charge is 0.0509 e. The number of thiol groups is 1. The van der Waals surface area contributed by atoms with Gasteiger partial charge in [-0.05, 0) is 12.8 Å². The molecule has 0 spiro atoms. The zero-order valence-electron chi connectivity index (χ0n) is 6.84. The maximum absolute atomic E-state index is 4.17. The van der Waals surface area contributed by atoms with E-state index in [1.807, 2.05) is 11.9 Å². The van der Waals surface area contributed by atoms with E-state index in [0.717, 1.165) is 5.08 Å². The van der Waals surface area contributed by atoms with Crippen LogP contribution in [0.15, 0.2) is 0 Å². The Labute approximate surface area is 74.1 Å². The first-order valence-corrected chi connectivity index (χ1v) is 5.41. The summed E-state index contributed by atoms with van der Waals surface area (Å²) in [5, 5.41) is 0.903. The molecule has 0 heterocycles. The zero-order valence-corrected chi connectivity index (χ0v) is 8.55. The molecule has 0 bridgehead atoms. The summed E-state index contributed by atoms with van der Waals surface area (Å²) in [6.07, 6.45) is 2.47. The molecule has 0 aliphatic carbocycles. The largest absolute Gasteiger partial charge is 0.250 e. The van der Waals surface area contributed by atoms with Crippen molar-refractivity contribution < 1.29 is 0 Å². The van der Waals surface area contributed by atoms with Crippen LogP contribution >= 0.6 is 24.6 Å². The van der Waals surface area contributed by atoms with Gasteiger partial charge < -0.3 is 0 Å². The highest BCUT2D eigenvalue weighted by molar-refractivity contribution is 8.07. The van der Waals surface area contributed by atoms with Crippen LogP contribution in [0.4, 0.5) is 0 Å². The van der Waals surface area contributed by atoms with Crippen LogP contribution in [0, 0.1) is 0 Å². The van der Waals surface area contributed by atoms with Crippen molar-refractivity contribution in [3.05, 3.63) is 0 Å². The summed E-state index contributed by atoms with van der Waals surface area (Å²) in [5.74, 6) is 0. The predicted octanol–water partition coefficient (Wildman–Crippen LogP) is 2.64. The Morgan fingerprint density at radius 1 is 1.20 bits per heavy atom. The maximum atomic E-state index is 4.17. The summed E-state index contributed by atoms with van der Waals surface area (Å²) in [7, 11) is 0. The lowest BCUT2D eigenvalue weighted by Gasteiger charge is -2.17. The van der Waals surface area contributed by atoms with Crippen molar-refractivity contribution in [1.82, 2.24) is 4.31 Å². The number of hydrogen-bond donors (Lipinski definition) is 1. The Balaban J connectivity index is 3.30. The number of nitrogens with zero attached hydrogens (tertiary/aromatic N) is 1. The van der Waals surface area contributed by atoms with E-state index < -0.39 is 0 Å².